The zero-order chi connectivity index (χ0) is 10.6. The minimum atomic E-state index is -0.408. The molecule has 0 aromatic carbocycles. The van der Waals surface area contributed by atoms with Crippen LogP contribution in [0.4, 0.5) is 0 Å². The van der Waals surface area contributed by atoms with Gasteiger partial charge in [-0.15, -0.1) is 0 Å². The molecule has 0 unspecified atom stereocenters. The van der Waals surface area contributed by atoms with Gasteiger partial charge in [0.15, 0.2) is 5.11 Å². The molecule has 1 heterocycles. The van der Waals surface area contributed by atoms with E-state index in [0.29, 0.717) is 0 Å². The van der Waals surface area contributed by atoms with Gasteiger partial charge in [-0.1, -0.05) is 25.8 Å². The van der Waals surface area contributed by atoms with Crippen LogP contribution in [0.25, 0.3) is 0 Å². The standard InChI is InChI=1S/C9H12N2O2S/c1-2-3-4-5-6-7(12)10-9(14)11-8(6)13/h5H,2-4H2,1H3,(H2,10,11,12,13,14). The molecule has 14 heavy (non-hydrogen) atoms. The first kappa shape index (κ1) is 10.8. The van der Waals surface area contributed by atoms with Crippen molar-refractivity contribution in [3.63, 3.8) is 0 Å². The molecule has 0 aromatic rings. The first-order valence-electron chi connectivity index (χ1n) is 4.52. The van der Waals surface area contributed by atoms with Gasteiger partial charge >= 0.3 is 0 Å². The summed E-state index contributed by atoms with van der Waals surface area (Å²) in [4.78, 5) is 22.6. The average Bonchev–Trinajstić information content (AvgIpc) is 2.09. The first-order valence-corrected chi connectivity index (χ1v) is 4.92. The number of hydrogen-bond acceptors (Lipinski definition) is 3. The summed E-state index contributed by atoms with van der Waals surface area (Å²) in [7, 11) is 0. The van der Waals surface area contributed by atoms with E-state index in [1.807, 2.05) is 0 Å². The second-order valence-electron chi connectivity index (χ2n) is 3.00. The van der Waals surface area contributed by atoms with Crippen molar-refractivity contribution in [2.45, 2.75) is 26.2 Å². The lowest BCUT2D eigenvalue weighted by atomic mass is 10.1. The zero-order valence-corrected chi connectivity index (χ0v) is 8.74. The second-order valence-corrected chi connectivity index (χ2v) is 3.41. The van der Waals surface area contributed by atoms with Crippen LogP contribution in [0, 0.1) is 0 Å². The maximum Gasteiger partial charge on any atom is 0.262 e. The van der Waals surface area contributed by atoms with Gasteiger partial charge in [0.1, 0.15) is 5.57 Å². The minimum Gasteiger partial charge on any atom is -0.299 e. The van der Waals surface area contributed by atoms with Gasteiger partial charge in [-0.3, -0.25) is 20.2 Å². The molecule has 1 saturated heterocycles. The summed E-state index contributed by atoms with van der Waals surface area (Å²) in [6.45, 7) is 2.05. The molecule has 1 rings (SSSR count). The summed E-state index contributed by atoms with van der Waals surface area (Å²) in [6.07, 6.45) is 4.38. The van der Waals surface area contributed by atoms with E-state index in [1.54, 1.807) is 6.08 Å². The number of rotatable bonds is 3. The van der Waals surface area contributed by atoms with E-state index in [1.165, 1.54) is 0 Å². The fourth-order valence-electron chi connectivity index (χ4n) is 1.11. The largest absolute Gasteiger partial charge is 0.299 e. The van der Waals surface area contributed by atoms with Gasteiger partial charge < -0.3 is 0 Å². The number of nitrogens with one attached hydrogen (secondary N) is 2. The second kappa shape index (κ2) is 4.85. The van der Waals surface area contributed by atoms with Crippen molar-refractivity contribution in [3.05, 3.63) is 11.6 Å². The first-order chi connectivity index (χ1) is 6.65. The van der Waals surface area contributed by atoms with Crippen molar-refractivity contribution in [1.29, 1.82) is 0 Å². The Labute approximate surface area is 87.7 Å². The van der Waals surface area contributed by atoms with Crippen molar-refractivity contribution in [1.82, 2.24) is 10.6 Å². The lowest BCUT2D eigenvalue weighted by molar-refractivity contribution is -0.123. The average molecular weight is 212 g/mol. The molecule has 4 nitrogen and oxygen atoms in total. The molecule has 2 N–H and O–H groups in total. The van der Waals surface area contributed by atoms with E-state index in [4.69, 9.17) is 0 Å². The highest BCUT2D eigenvalue weighted by atomic mass is 32.1. The zero-order valence-electron chi connectivity index (χ0n) is 7.92. The Morgan fingerprint density at radius 3 is 2.36 bits per heavy atom. The van der Waals surface area contributed by atoms with E-state index < -0.39 is 11.8 Å². The van der Waals surface area contributed by atoms with Gasteiger partial charge in [-0.05, 0) is 18.6 Å². The number of carbonyl (C=O) groups excluding carboxylic acids is 2. The minimum absolute atomic E-state index is 0.0765. The summed E-state index contributed by atoms with van der Waals surface area (Å²) >= 11 is 4.66. The van der Waals surface area contributed by atoms with Crippen LogP contribution >= 0.6 is 12.2 Å². The number of amides is 2. The summed E-state index contributed by atoms with van der Waals surface area (Å²) in [5.41, 5.74) is 0.159. The van der Waals surface area contributed by atoms with E-state index in [-0.39, 0.29) is 10.7 Å². The van der Waals surface area contributed by atoms with Gasteiger partial charge in [0.05, 0.1) is 0 Å². The Morgan fingerprint density at radius 1 is 1.29 bits per heavy atom. The molecule has 1 aliphatic rings. The fourth-order valence-corrected chi connectivity index (χ4v) is 1.30. The highest BCUT2D eigenvalue weighted by Crippen LogP contribution is 2.04. The normalized spacial score (nSPS) is 16.4. The Balaban J connectivity index is 2.67. The summed E-state index contributed by atoms with van der Waals surface area (Å²) < 4.78 is 0. The molecule has 0 saturated carbocycles. The maximum atomic E-state index is 11.3. The van der Waals surface area contributed by atoms with Crippen molar-refractivity contribution in [2.24, 2.45) is 0 Å². The third-order valence-electron chi connectivity index (χ3n) is 1.85. The Bertz CT molecular complexity index is 288. The van der Waals surface area contributed by atoms with Crippen LogP contribution in [-0.4, -0.2) is 16.9 Å². The molecule has 0 aromatic heterocycles. The van der Waals surface area contributed by atoms with E-state index in [0.717, 1.165) is 19.3 Å². The SMILES string of the molecule is CCCCC=C1C(=O)NC(=S)NC1=O. The van der Waals surface area contributed by atoms with Crippen LogP contribution in [0.5, 0.6) is 0 Å². The molecule has 5 heteroatoms. The van der Waals surface area contributed by atoms with Crippen molar-refractivity contribution < 1.29 is 9.59 Å². The molecule has 0 aliphatic carbocycles. The smallest absolute Gasteiger partial charge is 0.262 e. The van der Waals surface area contributed by atoms with Crippen LogP contribution < -0.4 is 10.6 Å². The van der Waals surface area contributed by atoms with Crippen LogP contribution in [-0.2, 0) is 9.59 Å². The molecule has 76 valence electrons. The molecule has 1 aliphatic heterocycles. The van der Waals surface area contributed by atoms with Crippen molar-refractivity contribution >= 4 is 29.1 Å². The number of hydrogen-bond donors (Lipinski definition) is 2. The summed E-state index contributed by atoms with van der Waals surface area (Å²) in [5, 5.41) is 4.83. The topological polar surface area (TPSA) is 58.2 Å². The lowest BCUT2D eigenvalue weighted by Crippen LogP contribution is -2.51. The van der Waals surface area contributed by atoms with Gasteiger partial charge in [0.25, 0.3) is 11.8 Å². The predicted molar refractivity (Wildman–Crippen MR) is 56.5 cm³/mol. The molecular formula is C9H12N2O2S. The molecule has 0 atom stereocenters. The van der Waals surface area contributed by atoms with Crippen LogP contribution in [0.15, 0.2) is 11.6 Å². The monoisotopic (exact) mass is 212 g/mol. The summed E-state index contributed by atoms with van der Waals surface area (Å²) in [5.74, 6) is -0.815. The predicted octanol–water partition coefficient (Wildman–Crippen LogP) is 0.634. The lowest BCUT2D eigenvalue weighted by Gasteiger charge is -2.16. The van der Waals surface area contributed by atoms with Gasteiger partial charge in [-0.2, -0.15) is 0 Å². The number of allylic oxidation sites excluding steroid dienone is 1. The molecule has 0 spiro atoms. The van der Waals surface area contributed by atoms with E-state index in [9.17, 15) is 9.59 Å². The van der Waals surface area contributed by atoms with Crippen molar-refractivity contribution in [3.8, 4) is 0 Å². The van der Waals surface area contributed by atoms with E-state index >= 15 is 0 Å². The third kappa shape index (κ3) is 2.63. The van der Waals surface area contributed by atoms with Crippen LogP contribution in [0.3, 0.4) is 0 Å². The van der Waals surface area contributed by atoms with Gasteiger partial charge in [-0.25, -0.2) is 0 Å². The Morgan fingerprint density at radius 2 is 1.86 bits per heavy atom. The number of carbonyl (C=O) groups is 2. The molecule has 1 fully saturated rings. The van der Waals surface area contributed by atoms with E-state index in [2.05, 4.69) is 29.8 Å². The molecule has 0 radical (unpaired) electrons. The van der Waals surface area contributed by atoms with Crippen LogP contribution in [0.2, 0.25) is 0 Å². The van der Waals surface area contributed by atoms with Crippen LogP contribution in [0.1, 0.15) is 26.2 Å². The number of unbranched alkanes of at least 4 members (excludes halogenated alkanes) is 2. The quantitative estimate of drug-likeness (QED) is 0.312. The highest BCUT2D eigenvalue weighted by Gasteiger charge is 2.24. The molecule has 0 bridgehead atoms. The number of thiocarbonyl (C=S) groups is 1. The van der Waals surface area contributed by atoms with Gasteiger partial charge in [0, 0.05) is 0 Å². The third-order valence-corrected chi connectivity index (χ3v) is 2.05. The molecule has 2 amide bonds. The fraction of sp³-hybridized carbons (Fsp3) is 0.444. The van der Waals surface area contributed by atoms with Gasteiger partial charge in [0.2, 0.25) is 0 Å². The maximum absolute atomic E-state index is 11.3. The van der Waals surface area contributed by atoms with Crippen molar-refractivity contribution in [2.75, 3.05) is 0 Å². The summed E-state index contributed by atoms with van der Waals surface area (Å²) in [6, 6.07) is 0. The Hall–Kier alpha value is -1.23. The highest BCUT2D eigenvalue weighted by molar-refractivity contribution is 7.80. The molecular weight excluding hydrogens is 200 g/mol. The Kier molecular flexibility index (Phi) is 3.76.